The first-order valence-corrected chi connectivity index (χ1v) is 7.91. The van der Waals surface area contributed by atoms with Crippen molar-refractivity contribution in [3.8, 4) is 0 Å². The van der Waals surface area contributed by atoms with Gasteiger partial charge < -0.3 is 10.2 Å². The lowest BCUT2D eigenvalue weighted by Gasteiger charge is -2.39. The monoisotopic (exact) mass is 276 g/mol. The minimum Gasteiger partial charge on any atom is -0.370 e. The highest BCUT2D eigenvalue weighted by Gasteiger charge is 2.28. The normalized spacial score (nSPS) is 18.1. The van der Waals surface area contributed by atoms with Crippen LogP contribution < -0.4 is 10.2 Å². The number of aryl methyl sites for hydroxylation is 1. The average Bonchev–Trinajstić information content (AvgIpc) is 2.45. The first kappa shape index (κ1) is 15.1. The maximum absolute atomic E-state index is 4.61. The summed E-state index contributed by atoms with van der Waals surface area (Å²) in [4.78, 5) is 11.5. The molecule has 0 bridgehead atoms. The van der Waals surface area contributed by atoms with Crippen molar-refractivity contribution in [1.29, 1.82) is 0 Å². The predicted octanol–water partition coefficient (Wildman–Crippen LogP) is 3.62. The fraction of sp³-hybridized carbons (Fsp3) is 0.750. The van der Waals surface area contributed by atoms with E-state index in [1.54, 1.807) is 0 Å². The van der Waals surface area contributed by atoms with Crippen molar-refractivity contribution < 1.29 is 0 Å². The van der Waals surface area contributed by atoms with Gasteiger partial charge in [0, 0.05) is 25.7 Å². The minimum absolute atomic E-state index is 0.516. The maximum atomic E-state index is 4.61. The molecule has 1 aromatic heterocycles. The number of rotatable bonds is 5. The van der Waals surface area contributed by atoms with Gasteiger partial charge in [-0.25, -0.2) is 9.97 Å². The molecule has 1 aliphatic rings. The highest BCUT2D eigenvalue weighted by Crippen LogP contribution is 2.35. The van der Waals surface area contributed by atoms with E-state index in [-0.39, 0.29) is 0 Å². The van der Waals surface area contributed by atoms with Crippen LogP contribution in [0.2, 0.25) is 0 Å². The predicted molar refractivity (Wildman–Crippen MR) is 85.4 cm³/mol. The number of aromatic nitrogens is 2. The molecule has 1 aliphatic heterocycles. The molecule has 1 N–H and O–H groups in total. The van der Waals surface area contributed by atoms with E-state index in [1.807, 2.05) is 6.92 Å². The zero-order chi connectivity index (χ0) is 14.6. The zero-order valence-corrected chi connectivity index (χ0v) is 13.4. The first-order valence-electron chi connectivity index (χ1n) is 7.91. The Kier molecular flexibility index (Phi) is 4.84. The molecule has 112 valence electrons. The summed E-state index contributed by atoms with van der Waals surface area (Å²) in [6, 6.07) is 2.09. The molecule has 20 heavy (non-hydrogen) atoms. The van der Waals surface area contributed by atoms with Crippen molar-refractivity contribution in [2.75, 3.05) is 29.9 Å². The molecule has 0 saturated carbocycles. The van der Waals surface area contributed by atoms with Crippen LogP contribution in [0.15, 0.2) is 6.07 Å². The first-order chi connectivity index (χ1) is 9.56. The van der Waals surface area contributed by atoms with E-state index in [0.717, 1.165) is 43.5 Å². The fourth-order valence-corrected chi connectivity index (χ4v) is 2.69. The molecule has 0 aromatic carbocycles. The van der Waals surface area contributed by atoms with Crippen LogP contribution in [0.3, 0.4) is 0 Å². The molecular formula is C16H28N4. The third kappa shape index (κ3) is 3.62. The van der Waals surface area contributed by atoms with Gasteiger partial charge in [0.05, 0.1) is 0 Å². The fourth-order valence-electron chi connectivity index (χ4n) is 2.69. The number of hydrogen-bond acceptors (Lipinski definition) is 4. The second-order valence-electron chi connectivity index (χ2n) is 6.24. The molecule has 0 spiro atoms. The van der Waals surface area contributed by atoms with Gasteiger partial charge >= 0.3 is 0 Å². The van der Waals surface area contributed by atoms with Crippen molar-refractivity contribution in [2.45, 2.75) is 53.4 Å². The van der Waals surface area contributed by atoms with E-state index < -0.39 is 0 Å². The minimum atomic E-state index is 0.516. The SMILES string of the molecule is CCCNc1cc(N2CCC(C)(CC)CC2)nc(C)n1. The Bertz CT molecular complexity index is 436. The highest BCUT2D eigenvalue weighted by molar-refractivity contribution is 5.49. The van der Waals surface area contributed by atoms with Crippen LogP contribution in [0, 0.1) is 12.3 Å². The summed E-state index contributed by atoms with van der Waals surface area (Å²) in [5, 5.41) is 3.36. The molecule has 0 amide bonds. The Hall–Kier alpha value is -1.32. The molecule has 0 atom stereocenters. The van der Waals surface area contributed by atoms with Crippen molar-refractivity contribution in [3.63, 3.8) is 0 Å². The summed E-state index contributed by atoms with van der Waals surface area (Å²) in [7, 11) is 0. The van der Waals surface area contributed by atoms with Gasteiger partial charge in [0.1, 0.15) is 17.5 Å². The standard InChI is InChI=1S/C16H28N4/c1-5-9-17-14-12-15(19-13(3)18-14)20-10-7-16(4,6-2)8-11-20/h12H,5-11H2,1-4H3,(H,17,18,19). The van der Waals surface area contributed by atoms with Crippen molar-refractivity contribution in [1.82, 2.24) is 9.97 Å². The molecule has 2 rings (SSSR count). The van der Waals surface area contributed by atoms with Gasteiger partial charge in [-0.3, -0.25) is 0 Å². The van der Waals surface area contributed by atoms with Gasteiger partial charge in [-0.2, -0.15) is 0 Å². The molecule has 4 heteroatoms. The van der Waals surface area contributed by atoms with E-state index >= 15 is 0 Å². The summed E-state index contributed by atoms with van der Waals surface area (Å²) in [5.74, 6) is 2.89. The van der Waals surface area contributed by atoms with Gasteiger partial charge in [0.2, 0.25) is 0 Å². The number of hydrogen-bond donors (Lipinski definition) is 1. The summed E-state index contributed by atoms with van der Waals surface area (Å²) in [5.41, 5.74) is 0.516. The quantitative estimate of drug-likeness (QED) is 0.891. The third-order valence-electron chi connectivity index (χ3n) is 4.53. The molecule has 0 aliphatic carbocycles. The van der Waals surface area contributed by atoms with Crippen LogP contribution in [0.4, 0.5) is 11.6 Å². The Morgan fingerprint density at radius 2 is 1.95 bits per heavy atom. The Morgan fingerprint density at radius 1 is 1.25 bits per heavy atom. The van der Waals surface area contributed by atoms with Gasteiger partial charge in [-0.1, -0.05) is 27.2 Å². The van der Waals surface area contributed by atoms with Crippen molar-refractivity contribution >= 4 is 11.6 Å². The topological polar surface area (TPSA) is 41.0 Å². The summed E-state index contributed by atoms with van der Waals surface area (Å²) < 4.78 is 0. The van der Waals surface area contributed by atoms with Crippen molar-refractivity contribution in [3.05, 3.63) is 11.9 Å². The van der Waals surface area contributed by atoms with Crippen LogP contribution in [0.1, 0.15) is 52.3 Å². The van der Waals surface area contributed by atoms with E-state index in [1.165, 1.54) is 19.3 Å². The summed E-state index contributed by atoms with van der Waals surface area (Å²) >= 11 is 0. The molecular weight excluding hydrogens is 248 g/mol. The van der Waals surface area contributed by atoms with Crippen LogP contribution in [-0.2, 0) is 0 Å². The Morgan fingerprint density at radius 3 is 2.55 bits per heavy atom. The number of anilines is 2. The Balaban J connectivity index is 2.07. The lowest BCUT2D eigenvalue weighted by Crippen LogP contribution is -2.39. The molecule has 0 unspecified atom stereocenters. The number of nitrogens with one attached hydrogen (secondary N) is 1. The third-order valence-corrected chi connectivity index (χ3v) is 4.53. The summed E-state index contributed by atoms with van der Waals surface area (Å²) in [6.45, 7) is 12.0. The molecule has 0 radical (unpaired) electrons. The second kappa shape index (κ2) is 6.42. The average molecular weight is 276 g/mol. The smallest absolute Gasteiger partial charge is 0.134 e. The second-order valence-corrected chi connectivity index (χ2v) is 6.24. The number of nitrogens with zero attached hydrogens (tertiary/aromatic N) is 3. The van der Waals surface area contributed by atoms with Crippen LogP contribution in [0.5, 0.6) is 0 Å². The largest absolute Gasteiger partial charge is 0.370 e. The van der Waals surface area contributed by atoms with Crippen LogP contribution in [0.25, 0.3) is 0 Å². The number of piperidine rings is 1. The van der Waals surface area contributed by atoms with Gasteiger partial charge in [0.25, 0.3) is 0 Å². The molecule has 2 heterocycles. The lowest BCUT2D eigenvalue weighted by atomic mass is 9.78. The molecule has 4 nitrogen and oxygen atoms in total. The van der Waals surface area contributed by atoms with Crippen LogP contribution >= 0.6 is 0 Å². The van der Waals surface area contributed by atoms with Gasteiger partial charge in [0.15, 0.2) is 0 Å². The summed E-state index contributed by atoms with van der Waals surface area (Å²) in [6.07, 6.45) is 4.89. The maximum Gasteiger partial charge on any atom is 0.134 e. The molecule has 1 aromatic rings. The van der Waals surface area contributed by atoms with Gasteiger partial charge in [-0.05, 0) is 31.6 Å². The van der Waals surface area contributed by atoms with Crippen LogP contribution in [-0.4, -0.2) is 29.6 Å². The van der Waals surface area contributed by atoms with E-state index in [4.69, 9.17) is 0 Å². The Labute approximate surface area is 123 Å². The molecule has 1 fully saturated rings. The van der Waals surface area contributed by atoms with E-state index in [9.17, 15) is 0 Å². The van der Waals surface area contributed by atoms with E-state index in [2.05, 4.69) is 47.0 Å². The zero-order valence-electron chi connectivity index (χ0n) is 13.4. The lowest BCUT2D eigenvalue weighted by molar-refractivity contribution is 0.238. The molecule has 1 saturated heterocycles. The van der Waals surface area contributed by atoms with Gasteiger partial charge in [-0.15, -0.1) is 0 Å². The van der Waals surface area contributed by atoms with E-state index in [0.29, 0.717) is 5.41 Å². The highest BCUT2D eigenvalue weighted by atomic mass is 15.2. The van der Waals surface area contributed by atoms with Crippen molar-refractivity contribution in [2.24, 2.45) is 5.41 Å².